The summed E-state index contributed by atoms with van der Waals surface area (Å²) in [6, 6.07) is 10.4. The molecule has 0 saturated heterocycles. The van der Waals surface area contributed by atoms with E-state index >= 15 is 0 Å². The Morgan fingerprint density at radius 3 is 2.69 bits per heavy atom. The third kappa shape index (κ3) is 2.96. The van der Waals surface area contributed by atoms with Crippen LogP contribution in [0.3, 0.4) is 0 Å². The molecule has 0 aliphatic heterocycles. The summed E-state index contributed by atoms with van der Waals surface area (Å²) < 4.78 is 6.00. The van der Waals surface area contributed by atoms with Gasteiger partial charge in [0.2, 0.25) is 0 Å². The average molecular weight is 216 g/mol. The third-order valence-corrected chi connectivity index (χ3v) is 3.36. The highest BCUT2D eigenvalue weighted by molar-refractivity contribution is 5.13. The van der Waals surface area contributed by atoms with E-state index in [0.717, 1.165) is 6.61 Å². The second kappa shape index (κ2) is 5.86. The number of ether oxygens (including phenoxy) is 1. The first-order valence-electron chi connectivity index (χ1n) is 6.18. The molecule has 0 unspecified atom stereocenters. The summed E-state index contributed by atoms with van der Waals surface area (Å²) in [6.07, 6.45) is 7.49. The maximum absolute atomic E-state index is 6.00. The fourth-order valence-electron chi connectivity index (χ4n) is 2.38. The lowest BCUT2D eigenvalue weighted by atomic mass is 9.86. The molecule has 0 heterocycles. The smallest absolute Gasteiger partial charge is 0.0720 e. The average Bonchev–Trinajstić information content (AvgIpc) is 2.38. The summed E-state index contributed by atoms with van der Waals surface area (Å²) in [6.45, 7) is 4.64. The van der Waals surface area contributed by atoms with Crippen molar-refractivity contribution in [2.45, 2.75) is 38.4 Å². The summed E-state index contributed by atoms with van der Waals surface area (Å²) in [5.74, 6) is 0.553. The van der Waals surface area contributed by atoms with Gasteiger partial charge in [0.25, 0.3) is 0 Å². The maximum atomic E-state index is 6.00. The molecule has 86 valence electrons. The van der Waals surface area contributed by atoms with Crippen molar-refractivity contribution < 1.29 is 4.74 Å². The molecule has 2 rings (SSSR count). The van der Waals surface area contributed by atoms with Crippen LogP contribution in [0.15, 0.2) is 43.0 Å². The van der Waals surface area contributed by atoms with E-state index in [1.165, 1.54) is 31.2 Å². The van der Waals surface area contributed by atoms with Crippen molar-refractivity contribution in [2.75, 3.05) is 0 Å². The van der Waals surface area contributed by atoms with Crippen LogP contribution in [0.4, 0.5) is 0 Å². The molecular weight excluding hydrogens is 196 g/mol. The minimum atomic E-state index is 0.381. The minimum Gasteiger partial charge on any atom is -0.373 e. The Kier molecular flexibility index (Phi) is 4.17. The first-order chi connectivity index (χ1) is 7.90. The standard InChI is InChI=1S/C15H20O/c1-2-14-10-6-7-11-15(14)16-12-13-8-4-3-5-9-13/h2-5,8-9,14-15H,1,6-7,10-12H2/t14-,15+/m1/s1. The van der Waals surface area contributed by atoms with Gasteiger partial charge in [0.1, 0.15) is 0 Å². The lowest BCUT2D eigenvalue weighted by molar-refractivity contribution is -0.00692. The van der Waals surface area contributed by atoms with Crippen LogP contribution in [0.5, 0.6) is 0 Å². The molecule has 1 aliphatic rings. The Morgan fingerprint density at radius 1 is 1.19 bits per heavy atom. The molecule has 1 aliphatic carbocycles. The van der Waals surface area contributed by atoms with Gasteiger partial charge >= 0.3 is 0 Å². The molecule has 1 nitrogen and oxygen atoms in total. The van der Waals surface area contributed by atoms with E-state index in [4.69, 9.17) is 4.74 Å². The first kappa shape index (κ1) is 11.4. The maximum Gasteiger partial charge on any atom is 0.0720 e. The second-order valence-electron chi connectivity index (χ2n) is 4.52. The highest BCUT2D eigenvalue weighted by Crippen LogP contribution is 2.28. The van der Waals surface area contributed by atoms with Crippen LogP contribution in [0.25, 0.3) is 0 Å². The molecule has 0 amide bonds. The SMILES string of the molecule is C=C[C@@H]1CCCC[C@@H]1OCc1ccccc1. The summed E-state index contributed by atoms with van der Waals surface area (Å²) in [7, 11) is 0. The Labute approximate surface area is 98.1 Å². The van der Waals surface area contributed by atoms with E-state index in [2.05, 4.69) is 36.9 Å². The number of hydrogen-bond acceptors (Lipinski definition) is 1. The number of hydrogen-bond donors (Lipinski definition) is 0. The lowest BCUT2D eigenvalue weighted by Crippen LogP contribution is -2.26. The summed E-state index contributed by atoms with van der Waals surface area (Å²) in [4.78, 5) is 0. The predicted octanol–water partition coefficient (Wildman–Crippen LogP) is 3.95. The van der Waals surface area contributed by atoms with Gasteiger partial charge in [-0.05, 0) is 18.4 Å². The van der Waals surface area contributed by atoms with Crippen LogP contribution >= 0.6 is 0 Å². The minimum absolute atomic E-state index is 0.381. The zero-order chi connectivity index (χ0) is 11.2. The Morgan fingerprint density at radius 2 is 1.94 bits per heavy atom. The van der Waals surface area contributed by atoms with E-state index < -0.39 is 0 Å². The van der Waals surface area contributed by atoms with Crippen LogP contribution < -0.4 is 0 Å². The molecule has 1 fully saturated rings. The quantitative estimate of drug-likeness (QED) is 0.692. The number of rotatable bonds is 4. The zero-order valence-corrected chi connectivity index (χ0v) is 9.77. The molecule has 16 heavy (non-hydrogen) atoms. The van der Waals surface area contributed by atoms with Crippen molar-refractivity contribution in [3.63, 3.8) is 0 Å². The highest BCUT2D eigenvalue weighted by atomic mass is 16.5. The third-order valence-electron chi connectivity index (χ3n) is 3.36. The molecule has 0 radical (unpaired) electrons. The van der Waals surface area contributed by atoms with Gasteiger partial charge in [-0.1, -0.05) is 49.2 Å². The van der Waals surface area contributed by atoms with E-state index in [1.807, 2.05) is 6.07 Å². The number of benzene rings is 1. The van der Waals surface area contributed by atoms with Crippen LogP contribution in [0, 0.1) is 5.92 Å². The lowest BCUT2D eigenvalue weighted by Gasteiger charge is -2.29. The Hall–Kier alpha value is -1.08. The molecule has 2 atom stereocenters. The molecular formula is C15H20O. The highest BCUT2D eigenvalue weighted by Gasteiger charge is 2.22. The van der Waals surface area contributed by atoms with Crippen molar-refractivity contribution in [1.82, 2.24) is 0 Å². The van der Waals surface area contributed by atoms with Gasteiger partial charge in [0, 0.05) is 5.92 Å². The predicted molar refractivity (Wildman–Crippen MR) is 67.2 cm³/mol. The van der Waals surface area contributed by atoms with Gasteiger partial charge in [0.05, 0.1) is 12.7 Å². The molecule has 0 aromatic heterocycles. The van der Waals surface area contributed by atoms with Gasteiger partial charge in [-0.15, -0.1) is 6.58 Å². The second-order valence-corrected chi connectivity index (χ2v) is 4.52. The monoisotopic (exact) mass is 216 g/mol. The van der Waals surface area contributed by atoms with E-state index in [1.54, 1.807) is 0 Å². The molecule has 0 bridgehead atoms. The molecule has 0 N–H and O–H groups in total. The van der Waals surface area contributed by atoms with Crippen LogP contribution in [0.2, 0.25) is 0 Å². The van der Waals surface area contributed by atoms with Gasteiger partial charge < -0.3 is 4.74 Å². The molecule has 1 aromatic rings. The van der Waals surface area contributed by atoms with Gasteiger partial charge in [-0.25, -0.2) is 0 Å². The Balaban J connectivity index is 1.86. The van der Waals surface area contributed by atoms with E-state index in [9.17, 15) is 0 Å². The zero-order valence-electron chi connectivity index (χ0n) is 9.77. The van der Waals surface area contributed by atoms with Crippen LogP contribution in [0.1, 0.15) is 31.2 Å². The first-order valence-corrected chi connectivity index (χ1v) is 6.18. The van der Waals surface area contributed by atoms with Crippen molar-refractivity contribution in [3.05, 3.63) is 48.6 Å². The summed E-state index contributed by atoms with van der Waals surface area (Å²) in [5.41, 5.74) is 1.26. The van der Waals surface area contributed by atoms with Crippen molar-refractivity contribution in [3.8, 4) is 0 Å². The normalized spacial score (nSPS) is 25.2. The summed E-state index contributed by atoms with van der Waals surface area (Å²) >= 11 is 0. The van der Waals surface area contributed by atoms with Crippen molar-refractivity contribution in [2.24, 2.45) is 5.92 Å². The van der Waals surface area contributed by atoms with Gasteiger partial charge in [-0.2, -0.15) is 0 Å². The van der Waals surface area contributed by atoms with Crippen molar-refractivity contribution >= 4 is 0 Å². The van der Waals surface area contributed by atoms with Gasteiger partial charge in [0.15, 0.2) is 0 Å². The topological polar surface area (TPSA) is 9.23 Å². The fraction of sp³-hybridized carbons (Fsp3) is 0.467. The molecule has 1 aromatic carbocycles. The van der Waals surface area contributed by atoms with E-state index in [0.29, 0.717) is 12.0 Å². The van der Waals surface area contributed by atoms with Crippen molar-refractivity contribution in [1.29, 1.82) is 0 Å². The Bertz CT molecular complexity index is 317. The molecule has 1 heteroatoms. The van der Waals surface area contributed by atoms with E-state index in [-0.39, 0.29) is 0 Å². The molecule has 1 saturated carbocycles. The van der Waals surface area contributed by atoms with Gasteiger partial charge in [-0.3, -0.25) is 0 Å². The largest absolute Gasteiger partial charge is 0.373 e. The van der Waals surface area contributed by atoms with Crippen LogP contribution in [-0.2, 0) is 11.3 Å². The summed E-state index contributed by atoms with van der Waals surface area (Å²) in [5, 5.41) is 0. The van der Waals surface area contributed by atoms with Crippen LogP contribution in [-0.4, -0.2) is 6.10 Å². The fourth-order valence-corrected chi connectivity index (χ4v) is 2.38. The molecule has 0 spiro atoms.